The molecule has 0 bridgehead atoms. The Morgan fingerprint density at radius 3 is 2.33 bits per heavy atom. The Hall–Kier alpha value is -3.44. The number of anilines is 1. The molecule has 0 radical (unpaired) electrons. The van der Waals surface area contributed by atoms with Gasteiger partial charge in [0.2, 0.25) is 0 Å². The Labute approximate surface area is 212 Å². The van der Waals surface area contributed by atoms with Crippen molar-refractivity contribution in [1.82, 2.24) is 0 Å². The van der Waals surface area contributed by atoms with Crippen molar-refractivity contribution < 1.29 is 14.5 Å². The highest BCUT2D eigenvalue weighted by atomic mass is 17.2. The SMILES string of the molecule is C=C(c1cccc2ccccc12)C1CCC2(CC1)COC(Nc1ccccc1-c1ccccc1)OO2. The van der Waals surface area contributed by atoms with Gasteiger partial charge >= 0.3 is 0 Å². The maximum atomic E-state index is 6.12. The average Bonchev–Trinajstić information content (AvgIpc) is 2.95. The summed E-state index contributed by atoms with van der Waals surface area (Å²) in [7, 11) is 0. The van der Waals surface area contributed by atoms with Gasteiger partial charge in [0.1, 0.15) is 5.60 Å². The third-order valence-corrected chi connectivity index (χ3v) is 7.62. The second-order valence-electron chi connectivity index (χ2n) is 9.89. The van der Waals surface area contributed by atoms with E-state index in [0.29, 0.717) is 12.5 Å². The summed E-state index contributed by atoms with van der Waals surface area (Å²) in [5.74, 6) is 0.429. The molecule has 1 unspecified atom stereocenters. The van der Waals surface area contributed by atoms with Crippen molar-refractivity contribution in [3.63, 3.8) is 0 Å². The minimum atomic E-state index is -0.649. The molecule has 0 amide bonds. The summed E-state index contributed by atoms with van der Waals surface area (Å²) >= 11 is 0. The van der Waals surface area contributed by atoms with E-state index in [1.165, 1.54) is 21.9 Å². The molecule has 2 aliphatic rings. The van der Waals surface area contributed by atoms with Crippen LogP contribution in [0.4, 0.5) is 5.69 Å². The molecule has 1 N–H and O–H groups in total. The van der Waals surface area contributed by atoms with Crippen molar-refractivity contribution in [3.8, 4) is 11.1 Å². The molecule has 0 aromatic heterocycles. The van der Waals surface area contributed by atoms with Crippen LogP contribution in [0.5, 0.6) is 0 Å². The monoisotopic (exact) mass is 477 g/mol. The first-order valence-corrected chi connectivity index (χ1v) is 12.7. The smallest absolute Gasteiger partial charge is 0.268 e. The quantitative estimate of drug-likeness (QED) is 0.297. The molecule has 1 aliphatic heterocycles. The van der Waals surface area contributed by atoms with Gasteiger partial charge in [-0.25, -0.2) is 4.89 Å². The number of rotatable bonds is 5. The fourth-order valence-electron chi connectivity index (χ4n) is 5.54. The lowest BCUT2D eigenvalue weighted by Crippen LogP contribution is -2.49. The van der Waals surface area contributed by atoms with Gasteiger partial charge in [0, 0.05) is 11.3 Å². The van der Waals surface area contributed by atoms with E-state index in [1.807, 2.05) is 36.4 Å². The van der Waals surface area contributed by atoms with Crippen molar-refractivity contribution in [1.29, 1.82) is 0 Å². The van der Waals surface area contributed by atoms with Crippen LogP contribution in [0.1, 0.15) is 31.2 Å². The summed E-state index contributed by atoms with van der Waals surface area (Å²) in [6.07, 6.45) is 3.13. The number of para-hydroxylation sites is 1. The van der Waals surface area contributed by atoms with Crippen LogP contribution in [0.25, 0.3) is 27.5 Å². The summed E-state index contributed by atoms with van der Waals surface area (Å²) in [6.45, 7) is 5.02. The van der Waals surface area contributed by atoms with Crippen molar-refractivity contribution in [2.24, 2.45) is 5.92 Å². The highest BCUT2D eigenvalue weighted by Gasteiger charge is 2.43. The fourth-order valence-corrected chi connectivity index (χ4v) is 5.54. The largest absolute Gasteiger partial charge is 0.335 e. The van der Waals surface area contributed by atoms with Gasteiger partial charge in [-0.05, 0) is 65.1 Å². The molecule has 1 spiro atoms. The highest BCUT2D eigenvalue weighted by molar-refractivity contribution is 5.93. The van der Waals surface area contributed by atoms with Gasteiger partial charge in [-0.1, -0.05) is 97.6 Å². The van der Waals surface area contributed by atoms with Crippen LogP contribution in [0.15, 0.2) is 104 Å². The van der Waals surface area contributed by atoms with Crippen molar-refractivity contribution in [2.75, 3.05) is 11.9 Å². The molecule has 1 heterocycles. The van der Waals surface area contributed by atoms with E-state index in [-0.39, 0.29) is 0 Å². The van der Waals surface area contributed by atoms with E-state index in [1.54, 1.807) is 0 Å². The molecule has 36 heavy (non-hydrogen) atoms. The van der Waals surface area contributed by atoms with E-state index < -0.39 is 12.0 Å². The molecule has 4 aromatic carbocycles. The first-order valence-electron chi connectivity index (χ1n) is 12.7. The maximum Gasteiger partial charge on any atom is 0.268 e. The maximum absolute atomic E-state index is 6.12. The summed E-state index contributed by atoms with van der Waals surface area (Å²) in [4.78, 5) is 11.8. The highest BCUT2D eigenvalue weighted by Crippen LogP contribution is 2.43. The number of ether oxygens (including phenoxy) is 1. The zero-order valence-corrected chi connectivity index (χ0v) is 20.4. The summed E-state index contributed by atoms with van der Waals surface area (Å²) in [5.41, 5.74) is 5.26. The van der Waals surface area contributed by atoms with Gasteiger partial charge in [-0.15, -0.1) is 0 Å². The van der Waals surface area contributed by atoms with Gasteiger partial charge in [-0.3, -0.25) is 0 Å². The number of hydrogen-bond donors (Lipinski definition) is 1. The Balaban J connectivity index is 1.08. The fraction of sp³-hybridized carbons (Fsp3) is 0.250. The Morgan fingerprint density at radius 1 is 0.806 bits per heavy atom. The topological polar surface area (TPSA) is 39.7 Å². The molecule has 6 rings (SSSR count). The van der Waals surface area contributed by atoms with Crippen LogP contribution in [-0.2, 0) is 14.5 Å². The normalized spacial score (nSPS) is 24.0. The molecule has 4 nitrogen and oxygen atoms in total. The van der Waals surface area contributed by atoms with Gasteiger partial charge < -0.3 is 10.1 Å². The molecule has 4 heteroatoms. The molecule has 1 aliphatic carbocycles. The van der Waals surface area contributed by atoms with Crippen LogP contribution in [-0.4, -0.2) is 18.6 Å². The van der Waals surface area contributed by atoms with Crippen LogP contribution < -0.4 is 5.32 Å². The lowest BCUT2D eigenvalue weighted by molar-refractivity contribution is -0.468. The van der Waals surface area contributed by atoms with Gasteiger partial charge in [0.25, 0.3) is 6.41 Å². The second-order valence-corrected chi connectivity index (χ2v) is 9.89. The third-order valence-electron chi connectivity index (χ3n) is 7.62. The standard InChI is InChI=1S/C32H31NO3/c1-23(27-16-9-13-25-12-5-6-14-28(25)27)24-18-20-32(21-19-24)22-34-31(35-36-32)33-30-17-8-7-15-29(30)26-10-3-2-4-11-26/h2-17,24,31,33H,1,18-22H2. The van der Waals surface area contributed by atoms with E-state index in [4.69, 9.17) is 14.5 Å². The second kappa shape index (κ2) is 9.90. The molecular weight excluding hydrogens is 446 g/mol. The predicted molar refractivity (Wildman–Crippen MR) is 145 cm³/mol. The summed E-state index contributed by atoms with van der Waals surface area (Å²) < 4.78 is 6.12. The third kappa shape index (κ3) is 4.56. The number of fused-ring (bicyclic) bond motifs is 1. The minimum absolute atomic E-state index is 0.396. The van der Waals surface area contributed by atoms with Crippen LogP contribution in [0.3, 0.4) is 0 Å². The lowest BCUT2D eigenvalue weighted by Gasteiger charge is -2.43. The Bertz CT molecular complexity index is 1340. The molecule has 1 atom stereocenters. The van der Waals surface area contributed by atoms with Crippen LogP contribution >= 0.6 is 0 Å². The summed E-state index contributed by atoms with van der Waals surface area (Å²) in [6, 6.07) is 33.5. The summed E-state index contributed by atoms with van der Waals surface area (Å²) in [5, 5.41) is 5.88. The molecule has 1 saturated carbocycles. The van der Waals surface area contributed by atoms with Crippen molar-refractivity contribution >= 4 is 22.0 Å². The van der Waals surface area contributed by atoms with Crippen LogP contribution in [0.2, 0.25) is 0 Å². The Kier molecular flexibility index (Phi) is 6.32. The van der Waals surface area contributed by atoms with Gasteiger partial charge in [0.15, 0.2) is 0 Å². The first-order chi connectivity index (χ1) is 17.7. The molecule has 182 valence electrons. The number of allylic oxidation sites excluding steroid dienone is 1. The van der Waals surface area contributed by atoms with E-state index in [2.05, 4.69) is 72.6 Å². The van der Waals surface area contributed by atoms with E-state index in [9.17, 15) is 0 Å². The molecule has 4 aromatic rings. The molecule has 2 fully saturated rings. The number of benzene rings is 4. The lowest BCUT2D eigenvalue weighted by atomic mass is 9.74. The van der Waals surface area contributed by atoms with Crippen molar-refractivity contribution in [3.05, 3.63) is 109 Å². The van der Waals surface area contributed by atoms with E-state index in [0.717, 1.165) is 42.5 Å². The first kappa shape index (κ1) is 23.0. The molecule has 1 saturated heterocycles. The molecular formula is C32H31NO3. The van der Waals surface area contributed by atoms with Gasteiger partial charge in [0.05, 0.1) is 6.61 Å². The number of nitrogens with one attached hydrogen (secondary N) is 1. The predicted octanol–water partition coefficient (Wildman–Crippen LogP) is 7.82. The Morgan fingerprint density at radius 2 is 1.53 bits per heavy atom. The minimum Gasteiger partial charge on any atom is -0.335 e. The van der Waals surface area contributed by atoms with Gasteiger partial charge in [-0.2, -0.15) is 4.89 Å². The zero-order valence-electron chi connectivity index (χ0n) is 20.4. The van der Waals surface area contributed by atoms with Crippen LogP contribution in [0, 0.1) is 5.92 Å². The number of hydrogen-bond acceptors (Lipinski definition) is 4. The van der Waals surface area contributed by atoms with E-state index >= 15 is 0 Å². The van der Waals surface area contributed by atoms with Crippen molar-refractivity contribution in [2.45, 2.75) is 37.7 Å². The zero-order chi connectivity index (χ0) is 24.4. The average molecular weight is 478 g/mol.